The van der Waals surface area contributed by atoms with Crippen LogP contribution in [-0.2, 0) is 23.5 Å². The number of nitrogens with zero attached hydrogens (tertiary/aromatic N) is 1. The third-order valence-electron chi connectivity index (χ3n) is 4.32. The fourth-order valence-electron chi connectivity index (χ4n) is 3.17. The van der Waals surface area contributed by atoms with E-state index in [1.54, 1.807) is 28.8 Å². The first-order valence-electron chi connectivity index (χ1n) is 9.48. The van der Waals surface area contributed by atoms with Gasteiger partial charge in [-0.3, -0.25) is 14.4 Å². The molecule has 2 heterocycles. The predicted octanol–water partition coefficient (Wildman–Crippen LogP) is 2.18. The average Bonchev–Trinajstić information content (AvgIpc) is 2.54. The summed E-state index contributed by atoms with van der Waals surface area (Å²) >= 11 is 1.61. The number of thioether (sulfide) groups is 1. The second-order valence-corrected chi connectivity index (χ2v) is 19.7. The molecule has 7 nitrogen and oxygen atoms in total. The van der Waals surface area contributed by atoms with Gasteiger partial charge in [-0.2, -0.15) is 0 Å². The van der Waals surface area contributed by atoms with Gasteiger partial charge in [-0.25, -0.2) is 0 Å². The SMILES string of the molecule is CC(=O)OCC=CC1(C(=O)O[Si](C)(C)C)CS[C@@H]2C(N[Si](C)(C)C)C(=O)N2C1. The first-order chi connectivity index (χ1) is 12.7. The van der Waals surface area contributed by atoms with Gasteiger partial charge in [0.2, 0.25) is 14.2 Å². The van der Waals surface area contributed by atoms with Crippen molar-refractivity contribution in [3.63, 3.8) is 0 Å². The van der Waals surface area contributed by atoms with Crippen LogP contribution in [0.1, 0.15) is 6.92 Å². The lowest BCUT2D eigenvalue weighted by atomic mass is 9.87. The lowest BCUT2D eigenvalue weighted by Crippen LogP contribution is -2.75. The Hall–Kier alpha value is -1.11. The highest BCUT2D eigenvalue weighted by Gasteiger charge is 2.57. The Kier molecular flexibility index (Phi) is 6.89. The number of carbonyl (C=O) groups is 3. The van der Waals surface area contributed by atoms with Gasteiger partial charge in [0.05, 0.1) is 0 Å². The molecule has 0 aromatic carbocycles. The standard InChI is InChI=1S/C18H32N2O5SSi2/c1-13(21)24-10-8-9-18(17(23)25-28(5,6)7)11-20-15(22)14(16(20)26-12-18)19-27(2,3)4/h8-9,14,16,19H,10-12H2,1-7H3/t14?,16-,18?/m1/s1. The summed E-state index contributed by atoms with van der Waals surface area (Å²) in [5.74, 6) is -0.102. The minimum atomic E-state index is -2.09. The normalized spacial score (nSPS) is 28.0. The van der Waals surface area contributed by atoms with E-state index in [0.717, 1.165) is 0 Å². The van der Waals surface area contributed by atoms with Gasteiger partial charge in [-0.05, 0) is 19.6 Å². The molecule has 0 bridgehead atoms. The van der Waals surface area contributed by atoms with Gasteiger partial charge in [-0.1, -0.05) is 31.8 Å². The van der Waals surface area contributed by atoms with Gasteiger partial charge in [0, 0.05) is 19.2 Å². The zero-order valence-electron chi connectivity index (χ0n) is 17.8. The van der Waals surface area contributed by atoms with Crippen LogP contribution in [0.5, 0.6) is 0 Å². The van der Waals surface area contributed by atoms with E-state index in [-0.39, 0.29) is 35.9 Å². The maximum absolute atomic E-state index is 13.1. The Morgan fingerprint density at radius 2 is 1.93 bits per heavy atom. The van der Waals surface area contributed by atoms with Crippen molar-refractivity contribution >= 4 is 46.2 Å². The van der Waals surface area contributed by atoms with E-state index in [0.29, 0.717) is 12.3 Å². The van der Waals surface area contributed by atoms with Gasteiger partial charge >= 0.3 is 11.9 Å². The number of hydrogen-bond donors (Lipinski definition) is 1. The van der Waals surface area contributed by atoms with Gasteiger partial charge < -0.3 is 19.0 Å². The number of nitrogens with one attached hydrogen (secondary N) is 1. The molecule has 2 aliphatic rings. The van der Waals surface area contributed by atoms with Crippen LogP contribution < -0.4 is 4.98 Å². The molecular formula is C18H32N2O5SSi2. The molecule has 2 saturated heterocycles. The molecule has 0 saturated carbocycles. The van der Waals surface area contributed by atoms with Crippen molar-refractivity contribution in [1.82, 2.24) is 9.88 Å². The number of esters is 1. The van der Waals surface area contributed by atoms with Crippen molar-refractivity contribution in [1.29, 1.82) is 0 Å². The Morgan fingerprint density at radius 1 is 1.29 bits per heavy atom. The van der Waals surface area contributed by atoms with Gasteiger partial charge in [0.1, 0.15) is 31.7 Å². The van der Waals surface area contributed by atoms with Crippen LogP contribution in [-0.4, -0.2) is 69.6 Å². The van der Waals surface area contributed by atoms with Crippen molar-refractivity contribution in [2.75, 3.05) is 18.9 Å². The Bertz CT molecular complexity index is 674. The molecule has 0 aromatic heterocycles. The smallest absolute Gasteiger partial charge is 0.305 e. The summed E-state index contributed by atoms with van der Waals surface area (Å²) in [4.78, 5) is 42.0. The summed E-state index contributed by atoms with van der Waals surface area (Å²) in [7, 11) is -3.68. The Balaban J connectivity index is 2.17. The Morgan fingerprint density at radius 3 is 2.46 bits per heavy atom. The summed E-state index contributed by atoms with van der Waals surface area (Å²) < 4.78 is 10.7. The van der Waals surface area contributed by atoms with Crippen molar-refractivity contribution in [2.24, 2.45) is 5.41 Å². The minimum Gasteiger partial charge on any atom is -0.519 e. The van der Waals surface area contributed by atoms with E-state index >= 15 is 0 Å². The van der Waals surface area contributed by atoms with Gasteiger partial charge in [0.25, 0.3) is 0 Å². The van der Waals surface area contributed by atoms with E-state index < -0.39 is 22.0 Å². The van der Waals surface area contributed by atoms with Crippen molar-refractivity contribution in [3.8, 4) is 0 Å². The van der Waals surface area contributed by atoms with Crippen LogP contribution in [0.4, 0.5) is 0 Å². The molecule has 158 valence electrons. The summed E-state index contributed by atoms with van der Waals surface area (Å²) in [6.07, 6.45) is 3.43. The number of amides is 1. The molecule has 0 aliphatic carbocycles. The largest absolute Gasteiger partial charge is 0.519 e. The van der Waals surface area contributed by atoms with Crippen LogP contribution in [0, 0.1) is 5.41 Å². The zero-order chi connectivity index (χ0) is 21.3. The monoisotopic (exact) mass is 444 g/mol. The number of fused-ring (bicyclic) bond motifs is 1. The molecule has 1 amide bonds. The van der Waals surface area contributed by atoms with Crippen LogP contribution in [0.25, 0.3) is 0 Å². The summed E-state index contributed by atoms with van der Waals surface area (Å²) in [5, 5.41) is 0.0499. The molecule has 28 heavy (non-hydrogen) atoms. The number of rotatable bonds is 7. The second-order valence-electron chi connectivity index (χ2n) is 9.40. The van der Waals surface area contributed by atoms with Gasteiger partial charge in [0.15, 0.2) is 0 Å². The zero-order valence-corrected chi connectivity index (χ0v) is 20.6. The first-order valence-corrected chi connectivity index (χ1v) is 17.4. The quantitative estimate of drug-likeness (QED) is 0.279. The third-order valence-corrected chi connectivity index (χ3v) is 7.84. The second kappa shape index (κ2) is 8.33. The molecular weight excluding hydrogens is 412 g/mol. The van der Waals surface area contributed by atoms with E-state index in [4.69, 9.17) is 9.16 Å². The molecule has 0 radical (unpaired) electrons. The van der Waals surface area contributed by atoms with Crippen LogP contribution in [0.15, 0.2) is 12.2 Å². The highest BCUT2D eigenvalue weighted by molar-refractivity contribution is 8.00. The molecule has 1 N–H and O–H groups in total. The Labute approximate surface area is 173 Å². The van der Waals surface area contributed by atoms with Crippen molar-refractivity contribution in [2.45, 2.75) is 57.6 Å². The molecule has 0 spiro atoms. The highest BCUT2D eigenvalue weighted by Crippen LogP contribution is 2.44. The number of carbonyl (C=O) groups excluding carboxylic acids is 3. The fraction of sp³-hybridized carbons (Fsp3) is 0.722. The average molecular weight is 445 g/mol. The van der Waals surface area contributed by atoms with E-state index in [9.17, 15) is 14.4 Å². The van der Waals surface area contributed by atoms with Crippen LogP contribution >= 0.6 is 11.8 Å². The van der Waals surface area contributed by atoms with Crippen LogP contribution in [0.3, 0.4) is 0 Å². The summed E-state index contributed by atoms with van der Waals surface area (Å²) in [6.45, 7) is 14.1. The fourth-order valence-corrected chi connectivity index (χ4v) is 6.78. The minimum absolute atomic E-state index is 0.0400. The topological polar surface area (TPSA) is 84.9 Å². The van der Waals surface area contributed by atoms with E-state index in [1.165, 1.54) is 6.92 Å². The maximum atomic E-state index is 13.1. The number of β-lactam (4-membered cyclic amide) rings is 1. The molecule has 0 aromatic rings. The van der Waals surface area contributed by atoms with Crippen molar-refractivity contribution < 1.29 is 23.5 Å². The molecule has 2 fully saturated rings. The lowest BCUT2D eigenvalue weighted by molar-refractivity contribution is -0.153. The molecule has 3 atom stereocenters. The highest BCUT2D eigenvalue weighted by atomic mass is 32.2. The summed E-state index contributed by atoms with van der Waals surface area (Å²) in [6, 6.07) is -0.173. The summed E-state index contributed by atoms with van der Waals surface area (Å²) in [5.41, 5.74) is -0.915. The molecule has 2 unspecified atom stereocenters. The first kappa shape index (κ1) is 23.2. The number of ether oxygens (including phenoxy) is 1. The predicted molar refractivity (Wildman–Crippen MR) is 116 cm³/mol. The van der Waals surface area contributed by atoms with Crippen molar-refractivity contribution in [3.05, 3.63) is 12.2 Å². The van der Waals surface area contributed by atoms with E-state index in [1.807, 2.05) is 19.6 Å². The molecule has 2 rings (SSSR count). The lowest BCUT2D eigenvalue weighted by Gasteiger charge is -2.55. The van der Waals surface area contributed by atoms with E-state index in [2.05, 4.69) is 24.6 Å². The third kappa shape index (κ3) is 5.71. The molecule has 2 aliphatic heterocycles. The number of hydrogen-bond acceptors (Lipinski definition) is 7. The maximum Gasteiger partial charge on any atom is 0.305 e. The van der Waals surface area contributed by atoms with Crippen LogP contribution in [0.2, 0.25) is 39.3 Å². The molecule has 10 heteroatoms. The van der Waals surface area contributed by atoms with Gasteiger partial charge in [-0.15, -0.1) is 11.8 Å².